The fourth-order valence-corrected chi connectivity index (χ4v) is 2.42. The molecule has 0 radical (unpaired) electrons. The van der Waals surface area contributed by atoms with Crippen LogP contribution in [-0.2, 0) is 0 Å². The van der Waals surface area contributed by atoms with Gasteiger partial charge in [-0.2, -0.15) is 0 Å². The van der Waals surface area contributed by atoms with Crippen LogP contribution in [0.25, 0.3) is 0 Å². The summed E-state index contributed by atoms with van der Waals surface area (Å²) in [5, 5.41) is 14.7. The van der Waals surface area contributed by atoms with Gasteiger partial charge in [0.15, 0.2) is 11.5 Å². The SMILES string of the molecule is CC(NC(=O)c1ccc(Nc2ccc(Cl)cc2)nn1)c1ccccc1. The second-order valence-corrected chi connectivity index (χ2v) is 5.98. The van der Waals surface area contributed by atoms with Gasteiger partial charge in [0.25, 0.3) is 5.91 Å². The van der Waals surface area contributed by atoms with Gasteiger partial charge in [-0.1, -0.05) is 41.9 Å². The number of rotatable bonds is 5. The van der Waals surface area contributed by atoms with Gasteiger partial charge in [-0.15, -0.1) is 10.2 Å². The molecular formula is C19H17ClN4O. The van der Waals surface area contributed by atoms with E-state index in [1.807, 2.05) is 49.4 Å². The van der Waals surface area contributed by atoms with E-state index in [2.05, 4.69) is 20.8 Å². The summed E-state index contributed by atoms with van der Waals surface area (Å²) >= 11 is 5.86. The molecule has 25 heavy (non-hydrogen) atoms. The van der Waals surface area contributed by atoms with Crippen molar-refractivity contribution in [1.82, 2.24) is 15.5 Å². The Morgan fingerprint density at radius 3 is 2.32 bits per heavy atom. The maximum Gasteiger partial charge on any atom is 0.272 e. The van der Waals surface area contributed by atoms with Gasteiger partial charge in [0.05, 0.1) is 6.04 Å². The van der Waals surface area contributed by atoms with Gasteiger partial charge in [-0.25, -0.2) is 0 Å². The van der Waals surface area contributed by atoms with Gasteiger partial charge >= 0.3 is 0 Å². The van der Waals surface area contributed by atoms with Gasteiger partial charge in [-0.3, -0.25) is 4.79 Å². The molecule has 1 unspecified atom stereocenters. The number of nitrogens with zero attached hydrogens (tertiary/aromatic N) is 2. The Morgan fingerprint density at radius 1 is 0.960 bits per heavy atom. The van der Waals surface area contributed by atoms with Crippen LogP contribution in [0.5, 0.6) is 0 Å². The molecule has 1 amide bonds. The van der Waals surface area contributed by atoms with Crippen molar-refractivity contribution in [2.45, 2.75) is 13.0 Å². The molecule has 0 aliphatic carbocycles. The Labute approximate surface area is 151 Å². The van der Waals surface area contributed by atoms with Crippen LogP contribution >= 0.6 is 11.6 Å². The Morgan fingerprint density at radius 2 is 1.68 bits per heavy atom. The number of carbonyl (C=O) groups excluding carboxylic acids is 1. The van der Waals surface area contributed by atoms with E-state index in [1.165, 1.54) is 0 Å². The molecule has 0 bridgehead atoms. The zero-order valence-corrected chi connectivity index (χ0v) is 14.4. The number of hydrogen-bond acceptors (Lipinski definition) is 4. The summed E-state index contributed by atoms with van der Waals surface area (Å²) in [6, 6.07) is 20.2. The Hall–Kier alpha value is -2.92. The second kappa shape index (κ2) is 7.77. The highest BCUT2D eigenvalue weighted by atomic mass is 35.5. The zero-order valence-electron chi connectivity index (χ0n) is 13.6. The van der Waals surface area contributed by atoms with Crippen LogP contribution in [0, 0.1) is 0 Å². The van der Waals surface area contributed by atoms with E-state index in [0.29, 0.717) is 10.8 Å². The lowest BCUT2D eigenvalue weighted by molar-refractivity contribution is 0.0934. The van der Waals surface area contributed by atoms with Crippen LogP contribution in [0.1, 0.15) is 29.0 Å². The molecule has 1 heterocycles. The van der Waals surface area contributed by atoms with Gasteiger partial charge in [-0.05, 0) is 48.9 Å². The molecule has 2 N–H and O–H groups in total. The van der Waals surface area contributed by atoms with Gasteiger partial charge in [0.2, 0.25) is 0 Å². The molecule has 0 saturated heterocycles. The molecule has 2 aromatic carbocycles. The summed E-state index contributed by atoms with van der Waals surface area (Å²) in [6.45, 7) is 1.93. The van der Waals surface area contributed by atoms with Gasteiger partial charge in [0, 0.05) is 10.7 Å². The molecule has 1 atom stereocenters. The number of anilines is 2. The molecule has 5 nitrogen and oxygen atoms in total. The maximum absolute atomic E-state index is 12.3. The second-order valence-electron chi connectivity index (χ2n) is 5.54. The fourth-order valence-electron chi connectivity index (χ4n) is 2.30. The summed E-state index contributed by atoms with van der Waals surface area (Å²) in [5.41, 5.74) is 2.14. The van der Waals surface area contributed by atoms with Crippen molar-refractivity contribution in [3.8, 4) is 0 Å². The summed E-state index contributed by atoms with van der Waals surface area (Å²) < 4.78 is 0. The number of amides is 1. The highest BCUT2D eigenvalue weighted by Crippen LogP contribution is 2.17. The van der Waals surface area contributed by atoms with Crippen molar-refractivity contribution >= 4 is 29.0 Å². The molecule has 0 aliphatic heterocycles. The molecule has 6 heteroatoms. The average Bonchev–Trinajstić information content (AvgIpc) is 2.65. The van der Waals surface area contributed by atoms with E-state index in [0.717, 1.165) is 11.3 Å². The van der Waals surface area contributed by atoms with Crippen LogP contribution in [-0.4, -0.2) is 16.1 Å². The zero-order chi connectivity index (χ0) is 17.6. The van der Waals surface area contributed by atoms with Crippen molar-refractivity contribution in [2.75, 3.05) is 5.32 Å². The predicted octanol–water partition coefficient (Wildman–Crippen LogP) is 4.36. The average molecular weight is 353 g/mol. The highest BCUT2D eigenvalue weighted by Gasteiger charge is 2.13. The molecule has 0 saturated carbocycles. The minimum absolute atomic E-state index is 0.109. The van der Waals surface area contributed by atoms with Crippen molar-refractivity contribution in [1.29, 1.82) is 0 Å². The third-order valence-corrected chi connectivity index (χ3v) is 3.91. The van der Waals surface area contributed by atoms with E-state index >= 15 is 0 Å². The summed E-state index contributed by atoms with van der Waals surface area (Å²) in [7, 11) is 0. The smallest absolute Gasteiger partial charge is 0.272 e. The molecule has 3 rings (SSSR count). The first-order valence-corrected chi connectivity index (χ1v) is 8.22. The molecule has 126 valence electrons. The van der Waals surface area contributed by atoms with Crippen LogP contribution in [0.3, 0.4) is 0 Å². The Balaban J connectivity index is 1.63. The molecular weight excluding hydrogens is 336 g/mol. The van der Waals surface area contributed by atoms with Crippen molar-refractivity contribution in [2.24, 2.45) is 0 Å². The third-order valence-electron chi connectivity index (χ3n) is 3.66. The quantitative estimate of drug-likeness (QED) is 0.715. The lowest BCUT2D eigenvalue weighted by Gasteiger charge is -2.13. The number of carbonyl (C=O) groups is 1. The number of hydrogen-bond donors (Lipinski definition) is 2. The summed E-state index contributed by atoms with van der Waals surface area (Å²) in [5.74, 6) is 0.289. The van der Waals surface area contributed by atoms with Crippen molar-refractivity contribution < 1.29 is 4.79 Å². The van der Waals surface area contributed by atoms with E-state index in [4.69, 9.17) is 11.6 Å². The lowest BCUT2D eigenvalue weighted by atomic mass is 10.1. The van der Waals surface area contributed by atoms with Crippen LogP contribution in [0.2, 0.25) is 5.02 Å². The van der Waals surface area contributed by atoms with Crippen LogP contribution in [0.4, 0.5) is 11.5 Å². The Bertz CT molecular complexity index is 836. The Kier molecular flexibility index (Phi) is 5.26. The molecule has 0 spiro atoms. The minimum atomic E-state index is -0.262. The molecule has 0 fully saturated rings. The number of nitrogens with one attached hydrogen (secondary N) is 2. The van der Waals surface area contributed by atoms with Crippen LogP contribution in [0.15, 0.2) is 66.7 Å². The number of aromatic nitrogens is 2. The monoisotopic (exact) mass is 352 g/mol. The highest BCUT2D eigenvalue weighted by molar-refractivity contribution is 6.30. The first kappa shape index (κ1) is 16.9. The molecule has 3 aromatic rings. The predicted molar refractivity (Wildman–Crippen MR) is 99.1 cm³/mol. The topological polar surface area (TPSA) is 66.9 Å². The van der Waals surface area contributed by atoms with E-state index in [1.54, 1.807) is 24.3 Å². The van der Waals surface area contributed by atoms with Crippen LogP contribution < -0.4 is 10.6 Å². The summed E-state index contributed by atoms with van der Waals surface area (Å²) in [6.07, 6.45) is 0. The fraction of sp³-hybridized carbons (Fsp3) is 0.105. The normalized spacial score (nSPS) is 11.6. The van der Waals surface area contributed by atoms with Crippen molar-refractivity contribution in [3.05, 3.63) is 83.0 Å². The summed E-state index contributed by atoms with van der Waals surface area (Å²) in [4.78, 5) is 12.3. The first-order valence-electron chi connectivity index (χ1n) is 7.84. The maximum atomic E-state index is 12.3. The third kappa shape index (κ3) is 4.55. The number of halogens is 1. The minimum Gasteiger partial charge on any atom is -0.344 e. The number of benzene rings is 2. The van der Waals surface area contributed by atoms with Gasteiger partial charge < -0.3 is 10.6 Å². The molecule has 0 aliphatic rings. The molecule has 1 aromatic heterocycles. The largest absolute Gasteiger partial charge is 0.344 e. The lowest BCUT2D eigenvalue weighted by Crippen LogP contribution is -2.27. The van der Waals surface area contributed by atoms with E-state index in [-0.39, 0.29) is 17.6 Å². The van der Waals surface area contributed by atoms with Crippen molar-refractivity contribution in [3.63, 3.8) is 0 Å². The van der Waals surface area contributed by atoms with E-state index in [9.17, 15) is 4.79 Å². The van der Waals surface area contributed by atoms with Gasteiger partial charge in [0.1, 0.15) is 0 Å². The first-order chi connectivity index (χ1) is 12.1. The standard InChI is InChI=1S/C19H17ClN4O/c1-13(14-5-3-2-4-6-14)21-19(25)17-11-12-18(24-23-17)22-16-9-7-15(20)8-10-16/h2-13H,1H3,(H,21,25)(H,22,24). The van der Waals surface area contributed by atoms with E-state index < -0.39 is 0 Å².